The Morgan fingerprint density at radius 1 is 1.03 bits per heavy atom. The summed E-state index contributed by atoms with van der Waals surface area (Å²) in [5, 5.41) is 23.4. The largest absolute Gasteiger partial charge is 0.502 e. The average Bonchev–Trinajstić information content (AvgIpc) is 3.54. The van der Waals surface area contributed by atoms with E-state index >= 15 is 0 Å². The molecule has 6 rings (SSSR count). The van der Waals surface area contributed by atoms with Gasteiger partial charge in [0, 0.05) is 18.0 Å². The maximum Gasteiger partial charge on any atom is 0.310 e. The molecule has 3 aromatic rings. The van der Waals surface area contributed by atoms with Gasteiger partial charge in [0.05, 0.1) is 39.4 Å². The number of nitrogens with one attached hydrogen (secondary N) is 1. The normalized spacial score (nSPS) is 23.2. The number of phenolic OH excluding ortho intramolecular Hbond substituents is 1. The summed E-state index contributed by atoms with van der Waals surface area (Å²) < 4.78 is 27.8. The van der Waals surface area contributed by atoms with Crippen LogP contribution in [-0.2, 0) is 16.1 Å². The van der Waals surface area contributed by atoms with Gasteiger partial charge in [-0.25, -0.2) is 4.98 Å². The monoisotopic (exact) mass is 506 g/mol. The molecule has 0 radical (unpaired) electrons. The van der Waals surface area contributed by atoms with Crippen molar-refractivity contribution >= 4 is 11.8 Å². The quantitative estimate of drug-likeness (QED) is 0.429. The van der Waals surface area contributed by atoms with Crippen LogP contribution in [0.2, 0.25) is 0 Å². The Morgan fingerprint density at radius 2 is 1.73 bits per heavy atom. The number of carbonyl (C=O) groups is 1. The molecule has 10 heteroatoms. The average molecular weight is 507 g/mol. The second-order valence-corrected chi connectivity index (χ2v) is 9.24. The Kier molecular flexibility index (Phi) is 5.68. The van der Waals surface area contributed by atoms with Crippen molar-refractivity contribution in [3.05, 3.63) is 64.8 Å². The van der Waals surface area contributed by atoms with E-state index in [1.54, 1.807) is 30.5 Å². The van der Waals surface area contributed by atoms with E-state index in [-0.39, 0.29) is 55.2 Å². The molecule has 0 spiro atoms. The number of aliphatic hydroxyl groups is 1. The highest BCUT2D eigenvalue weighted by atomic mass is 16.7. The van der Waals surface area contributed by atoms with Gasteiger partial charge in [0.2, 0.25) is 12.5 Å². The first kappa shape index (κ1) is 23.2. The smallest absolute Gasteiger partial charge is 0.310 e. The predicted octanol–water partition coefficient (Wildman–Crippen LogP) is 3.11. The van der Waals surface area contributed by atoms with Gasteiger partial charge in [0.25, 0.3) is 0 Å². The zero-order chi connectivity index (χ0) is 25.7. The fourth-order valence-electron chi connectivity index (χ4n) is 5.60. The van der Waals surface area contributed by atoms with Crippen molar-refractivity contribution in [2.45, 2.75) is 18.6 Å². The number of pyridine rings is 1. The maximum atomic E-state index is 13.2. The standard InChI is InChI=1S/C27H26N2O8/c1-33-20-5-14(6-21(34-2)26(20)31)23-15-7-18-19(37-12-36-18)8-16(15)25(17-11-35-27(32)24(17)23)29-22-4-3-13(10-30)9-28-22/h3-9,17,23-25,30-31H,10-12H2,1-2H3,(H,28,29)/t17-,23+,24-,25+/m0/s1. The summed E-state index contributed by atoms with van der Waals surface area (Å²) >= 11 is 0. The molecule has 0 bridgehead atoms. The summed E-state index contributed by atoms with van der Waals surface area (Å²) in [6.45, 7) is 0.241. The van der Waals surface area contributed by atoms with Gasteiger partial charge in [-0.3, -0.25) is 4.79 Å². The molecule has 0 saturated carbocycles. The molecule has 2 aromatic carbocycles. The van der Waals surface area contributed by atoms with Gasteiger partial charge < -0.3 is 39.2 Å². The second-order valence-electron chi connectivity index (χ2n) is 9.24. The molecular formula is C27H26N2O8. The van der Waals surface area contributed by atoms with Gasteiger partial charge in [-0.1, -0.05) is 6.07 Å². The molecule has 0 amide bonds. The van der Waals surface area contributed by atoms with Crippen LogP contribution < -0.4 is 24.3 Å². The lowest BCUT2D eigenvalue weighted by Gasteiger charge is -2.39. The summed E-state index contributed by atoms with van der Waals surface area (Å²) in [7, 11) is 2.93. The van der Waals surface area contributed by atoms with E-state index in [0.29, 0.717) is 22.9 Å². The lowest BCUT2D eigenvalue weighted by molar-refractivity contribution is -0.141. The number of aromatic nitrogens is 1. The highest BCUT2D eigenvalue weighted by molar-refractivity contribution is 5.79. The van der Waals surface area contributed by atoms with E-state index < -0.39 is 11.8 Å². The first-order valence-electron chi connectivity index (χ1n) is 11.9. The van der Waals surface area contributed by atoms with Gasteiger partial charge in [-0.2, -0.15) is 0 Å². The summed E-state index contributed by atoms with van der Waals surface area (Å²) in [4.78, 5) is 17.7. The van der Waals surface area contributed by atoms with E-state index in [1.807, 2.05) is 12.1 Å². The van der Waals surface area contributed by atoms with Crippen LogP contribution in [0.3, 0.4) is 0 Å². The minimum absolute atomic E-state index is 0.0999. The number of carbonyl (C=O) groups excluding carboxylic acids is 1. The summed E-state index contributed by atoms with van der Waals surface area (Å²) in [6.07, 6.45) is 1.61. The van der Waals surface area contributed by atoms with Crippen LogP contribution in [0.15, 0.2) is 42.6 Å². The van der Waals surface area contributed by atoms with E-state index in [4.69, 9.17) is 23.7 Å². The third kappa shape index (κ3) is 3.75. The Labute approximate surface area is 212 Å². The number of nitrogens with zero attached hydrogens (tertiary/aromatic N) is 1. The number of phenols is 1. The molecule has 0 unspecified atom stereocenters. The maximum absolute atomic E-state index is 13.2. The number of fused-ring (bicyclic) bond motifs is 3. The highest BCUT2D eigenvalue weighted by Crippen LogP contribution is 2.56. The molecular weight excluding hydrogens is 480 g/mol. The van der Waals surface area contributed by atoms with Crippen molar-refractivity contribution in [3.63, 3.8) is 0 Å². The summed E-state index contributed by atoms with van der Waals surface area (Å²) in [6, 6.07) is 10.6. The Bertz CT molecular complexity index is 1330. The first-order chi connectivity index (χ1) is 18.0. The van der Waals surface area contributed by atoms with Crippen molar-refractivity contribution in [1.82, 2.24) is 4.98 Å². The number of aliphatic hydroxyl groups excluding tert-OH is 1. The number of hydrogen-bond donors (Lipinski definition) is 3. The van der Waals surface area contributed by atoms with Crippen molar-refractivity contribution < 1.29 is 38.7 Å². The van der Waals surface area contributed by atoms with Crippen LogP contribution in [0.5, 0.6) is 28.7 Å². The SMILES string of the molecule is COc1cc([C@@H]2c3cc4c(cc3[C@@H](Nc3ccc(CO)cn3)[C@H]3COC(=O)[C@H]23)OCO4)cc(OC)c1O. The number of methoxy groups -OCH3 is 2. The van der Waals surface area contributed by atoms with E-state index in [0.717, 1.165) is 16.7 Å². The third-order valence-corrected chi connectivity index (χ3v) is 7.36. The van der Waals surface area contributed by atoms with Crippen LogP contribution in [0, 0.1) is 11.8 Å². The number of hydrogen-bond acceptors (Lipinski definition) is 10. The fraction of sp³-hybridized carbons (Fsp3) is 0.333. The summed E-state index contributed by atoms with van der Waals surface area (Å²) in [5.74, 6) is 0.717. The van der Waals surface area contributed by atoms with Crippen molar-refractivity contribution in [2.24, 2.45) is 11.8 Å². The Balaban J connectivity index is 1.52. The predicted molar refractivity (Wildman–Crippen MR) is 130 cm³/mol. The molecule has 4 atom stereocenters. The van der Waals surface area contributed by atoms with Crippen molar-refractivity contribution in [3.8, 4) is 28.7 Å². The Hall–Kier alpha value is -4.18. The van der Waals surface area contributed by atoms with Crippen molar-refractivity contribution in [2.75, 3.05) is 32.9 Å². The molecule has 37 heavy (non-hydrogen) atoms. The number of cyclic esters (lactones) is 1. The molecule has 3 aliphatic rings. The number of esters is 1. The molecule has 3 heterocycles. The minimum Gasteiger partial charge on any atom is -0.502 e. The molecule has 1 saturated heterocycles. The molecule has 3 N–H and O–H groups in total. The topological polar surface area (TPSA) is 129 Å². The second kappa shape index (κ2) is 9.04. The number of ether oxygens (including phenoxy) is 5. The van der Waals surface area contributed by atoms with Gasteiger partial charge in [0.15, 0.2) is 23.0 Å². The lowest BCUT2D eigenvalue weighted by Crippen LogP contribution is -2.37. The number of anilines is 1. The molecule has 2 aliphatic heterocycles. The van der Waals surface area contributed by atoms with Crippen LogP contribution in [0.4, 0.5) is 5.82 Å². The molecule has 10 nitrogen and oxygen atoms in total. The van der Waals surface area contributed by atoms with E-state index in [2.05, 4.69) is 10.3 Å². The summed E-state index contributed by atoms with van der Waals surface area (Å²) in [5.41, 5.74) is 3.23. The highest BCUT2D eigenvalue weighted by Gasteiger charge is 2.52. The molecule has 1 fully saturated rings. The van der Waals surface area contributed by atoms with Gasteiger partial charge in [-0.15, -0.1) is 0 Å². The zero-order valence-corrected chi connectivity index (χ0v) is 20.3. The van der Waals surface area contributed by atoms with E-state index in [1.165, 1.54) is 14.2 Å². The zero-order valence-electron chi connectivity index (χ0n) is 20.3. The number of benzene rings is 2. The van der Waals surface area contributed by atoms with E-state index in [9.17, 15) is 15.0 Å². The Morgan fingerprint density at radius 3 is 2.35 bits per heavy atom. The van der Waals surface area contributed by atoms with Gasteiger partial charge in [0.1, 0.15) is 5.82 Å². The van der Waals surface area contributed by atoms with Crippen molar-refractivity contribution in [1.29, 1.82) is 0 Å². The minimum atomic E-state index is -0.527. The lowest BCUT2D eigenvalue weighted by atomic mass is 9.65. The molecule has 1 aliphatic carbocycles. The van der Waals surface area contributed by atoms with Gasteiger partial charge in [-0.05, 0) is 52.6 Å². The van der Waals surface area contributed by atoms with Gasteiger partial charge >= 0.3 is 5.97 Å². The van der Waals surface area contributed by atoms with Crippen LogP contribution in [0.1, 0.15) is 34.2 Å². The van der Waals surface area contributed by atoms with Crippen LogP contribution in [-0.4, -0.2) is 48.8 Å². The molecule has 1 aromatic heterocycles. The number of rotatable bonds is 6. The van der Waals surface area contributed by atoms with Crippen LogP contribution in [0.25, 0.3) is 0 Å². The first-order valence-corrected chi connectivity index (χ1v) is 11.9. The third-order valence-electron chi connectivity index (χ3n) is 7.36. The van der Waals surface area contributed by atoms with Crippen LogP contribution >= 0.6 is 0 Å². The number of aromatic hydroxyl groups is 1. The fourth-order valence-corrected chi connectivity index (χ4v) is 5.60. The molecule has 192 valence electrons.